The number of nitrogens with zero attached hydrogens (tertiary/aromatic N) is 2. The van der Waals surface area contributed by atoms with Crippen molar-refractivity contribution in [1.29, 1.82) is 0 Å². The minimum Gasteiger partial charge on any atom is -0.450 e. The Morgan fingerprint density at radius 1 is 1.14 bits per heavy atom. The van der Waals surface area contributed by atoms with E-state index in [0.717, 1.165) is 0 Å². The second-order valence-corrected chi connectivity index (χ2v) is 5.61. The van der Waals surface area contributed by atoms with E-state index in [2.05, 4.69) is 10.6 Å². The Kier molecular flexibility index (Phi) is 7.65. The molecule has 0 aromatic heterocycles. The van der Waals surface area contributed by atoms with E-state index in [0.29, 0.717) is 45.2 Å². The van der Waals surface area contributed by atoms with Gasteiger partial charge in [0.2, 0.25) is 5.91 Å². The van der Waals surface area contributed by atoms with E-state index in [-0.39, 0.29) is 18.5 Å². The number of carbonyl (C=O) groups excluding carboxylic acids is 3. The van der Waals surface area contributed by atoms with Crippen LogP contribution in [0.4, 0.5) is 9.59 Å². The highest BCUT2D eigenvalue weighted by Crippen LogP contribution is 2.03. The third-order valence-electron chi connectivity index (χ3n) is 3.19. The highest BCUT2D eigenvalue weighted by atomic mass is 16.6. The van der Waals surface area contributed by atoms with Crippen molar-refractivity contribution in [2.75, 3.05) is 45.9 Å². The molecule has 0 unspecified atom stereocenters. The number of ether oxygens (including phenoxy) is 1. The zero-order chi connectivity index (χ0) is 16.5. The van der Waals surface area contributed by atoms with Crippen LogP contribution in [-0.4, -0.2) is 73.7 Å². The zero-order valence-electron chi connectivity index (χ0n) is 13.6. The predicted octanol–water partition coefficient (Wildman–Crippen LogP) is 0.242. The maximum Gasteiger partial charge on any atom is 0.409 e. The average molecular weight is 314 g/mol. The van der Waals surface area contributed by atoms with Crippen molar-refractivity contribution in [3.05, 3.63) is 0 Å². The summed E-state index contributed by atoms with van der Waals surface area (Å²) in [6.07, 6.45) is -0.320. The molecule has 126 valence electrons. The topological polar surface area (TPSA) is 91.0 Å². The van der Waals surface area contributed by atoms with Crippen molar-refractivity contribution in [3.63, 3.8) is 0 Å². The lowest BCUT2D eigenvalue weighted by Crippen LogP contribution is -2.52. The van der Waals surface area contributed by atoms with Gasteiger partial charge in [-0.1, -0.05) is 13.8 Å². The summed E-state index contributed by atoms with van der Waals surface area (Å²) in [7, 11) is 0. The Labute approximate surface area is 131 Å². The lowest BCUT2D eigenvalue weighted by molar-refractivity contribution is -0.121. The molecule has 22 heavy (non-hydrogen) atoms. The van der Waals surface area contributed by atoms with E-state index < -0.39 is 6.03 Å². The second kappa shape index (κ2) is 9.24. The standard InChI is InChI=1S/C14H26N4O4/c1-4-22-14(21)18-7-5-17(6-8-18)10-12(19)16-13(20)15-9-11(2)3/h11H,4-10H2,1-3H3,(H2,15,16,19,20). The minimum absolute atomic E-state index is 0.145. The van der Waals surface area contributed by atoms with Crippen LogP contribution in [0.5, 0.6) is 0 Å². The summed E-state index contributed by atoms with van der Waals surface area (Å²) in [6, 6.07) is -0.469. The number of rotatable bonds is 5. The van der Waals surface area contributed by atoms with Crippen LogP contribution in [0.2, 0.25) is 0 Å². The number of piperazine rings is 1. The summed E-state index contributed by atoms with van der Waals surface area (Å²) in [6.45, 7) is 8.95. The molecule has 1 aliphatic rings. The molecule has 1 saturated heterocycles. The third kappa shape index (κ3) is 6.75. The first-order valence-electron chi connectivity index (χ1n) is 7.64. The summed E-state index contributed by atoms with van der Waals surface area (Å²) < 4.78 is 4.93. The lowest BCUT2D eigenvalue weighted by Gasteiger charge is -2.33. The Hall–Kier alpha value is -1.83. The molecule has 8 nitrogen and oxygen atoms in total. The van der Waals surface area contributed by atoms with E-state index in [1.807, 2.05) is 18.7 Å². The molecule has 0 bridgehead atoms. The first-order chi connectivity index (χ1) is 10.4. The van der Waals surface area contributed by atoms with Gasteiger partial charge < -0.3 is 15.0 Å². The number of hydrogen-bond donors (Lipinski definition) is 2. The molecule has 1 aliphatic heterocycles. The molecule has 0 spiro atoms. The number of hydrogen-bond acceptors (Lipinski definition) is 5. The van der Waals surface area contributed by atoms with E-state index in [1.54, 1.807) is 11.8 Å². The van der Waals surface area contributed by atoms with Gasteiger partial charge in [-0.05, 0) is 12.8 Å². The monoisotopic (exact) mass is 314 g/mol. The van der Waals surface area contributed by atoms with Gasteiger partial charge in [0.15, 0.2) is 0 Å². The number of imide groups is 1. The number of urea groups is 1. The van der Waals surface area contributed by atoms with E-state index >= 15 is 0 Å². The van der Waals surface area contributed by atoms with Crippen LogP contribution in [0.3, 0.4) is 0 Å². The van der Waals surface area contributed by atoms with E-state index in [9.17, 15) is 14.4 Å². The molecule has 8 heteroatoms. The van der Waals surface area contributed by atoms with Crippen molar-refractivity contribution in [2.45, 2.75) is 20.8 Å². The highest BCUT2D eigenvalue weighted by Gasteiger charge is 2.23. The highest BCUT2D eigenvalue weighted by molar-refractivity contribution is 5.95. The smallest absolute Gasteiger partial charge is 0.409 e. The normalized spacial score (nSPS) is 15.5. The number of carbonyl (C=O) groups is 3. The molecule has 0 radical (unpaired) electrons. The van der Waals surface area contributed by atoms with Crippen LogP contribution in [0, 0.1) is 5.92 Å². The lowest BCUT2D eigenvalue weighted by atomic mass is 10.2. The van der Waals surface area contributed by atoms with Gasteiger partial charge in [0.25, 0.3) is 0 Å². The van der Waals surface area contributed by atoms with Crippen molar-refractivity contribution in [1.82, 2.24) is 20.4 Å². The average Bonchev–Trinajstić information content (AvgIpc) is 2.46. The number of amides is 4. The Morgan fingerprint density at radius 2 is 1.77 bits per heavy atom. The van der Waals surface area contributed by atoms with Crippen LogP contribution < -0.4 is 10.6 Å². The van der Waals surface area contributed by atoms with Crippen LogP contribution in [0.15, 0.2) is 0 Å². The second-order valence-electron chi connectivity index (χ2n) is 5.61. The van der Waals surface area contributed by atoms with Gasteiger partial charge in [0, 0.05) is 32.7 Å². The SMILES string of the molecule is CCOC(=O)N1CCN(CC(=O)NC(=O)NCC(C)C)CC1. The van der Waals surface area contributed by atoms with Gasteiger partial charge in [-0.25, -0.2) is 9.59 Å². The van der Waals surface area contributed by atoms with Gasteiger partial charge in [-0.3, -0.25) is 15.0 Å². The molecule has 1 rings (SSSR count). The van der Waals surface area contributed by atoms with Crippen LogP contribution in [0.25, 0.3) is 0 Å². The molecular weight excluding hydrogens is 288 g/mol. The Morgan fingerprint density at radius 3 is 2.32 bits per heavy atom. The van der Waals surface area contributed by atoms with Gasteiger partial charge in [-0.2, -0.15) is 0 Å². The molecule has 0 atom stereocenters. The third-order valence-corrected chi connectivity index (χ3v) is 3.19. The van der Waals surface area contributed by atoms with E-state index in [1.165, 1.54) is 0 Å². The largest absolute Gasteiger partial charge is 0.450 e. The molecule has 2 N–H and O–H groups in total. The van der Waals surface area contributed by atoms with Crippen molar-refractivity contribution < 1.29 is 19.1 Å². The van der Waals surface area contributed by atoms with E-state index in [4.69, 9.17) is 4.74 Å². The van der Waals surface area contributed by atoms with Crippen LogP contribution in [0.1, 0.15) is 20.8 Å². The predicted molar refractivity (Wildman–Crippen MR) is 81.4 cm³/mol. The van der Waals surface area contributed by atoms with Crippen LogP contribution >= 0.6 is 0 Å². The summed E-state index contributed by atoms with van der Waals surface area (Å²) in [4.78, 5) is 38.3. The fourth-order valence-electron chi connectivity index (χ4n) is 2.01. The minimum atomic E-state index is -0.469. The fourth-order valence-corrected chi connectivity index (χ4v) is 2.01. The van der Waals surface area contributed by atoms with Gasteiger partial charge in [0.1, 0.15) is 0 Å². The Balaban J connectivity index is 2.24. The summed E-state index contributed by atoms with van der Waals surface area (Å²) in [5.41, 5.74) is 0. The Bertz CT molecular complexity index is 392. The quantitative estimate of drug-likeness (QED) is 0.759. The van der Waals surface area contributed by atoms with Crippen molar-refractivity contribution in [3.8, 4) is 0 Å². The first-order valence-corrected chi connectivity index (χ1v) is 7.64. The molecule has 0 aliphatic carbocycles. The van der Waals surface area contributed by atoms with Crippen molar-refractivity contribution in [2.24, 2.45) is 5.92 Å². The molecule has 1 heterocycles. The van der Waals surface area contributed by atoms with Gasteiger partial charge in [0.05, 0.1) is 13.2 Å². The summed E-state index contributed by atoms with van der Waals surface area (Å²) in [5, 5.41) is 4.93. The maximum atomic E-state index is 11.8. The molecule has 0 aromatic rings. The van der Waals surface area contributed by atoms with Gasteiger partial charge >= 0.3 is 12.1 Å². The molecule has 0 aromatic carbocycles. The maximum absolute atomic E-state index is 11.8. The molecule has 4 amide bonds. The molecular formula is C14H26N4O4. The summed E-state index contributed by atoms with van der Waals surface area (Å²) in [5.74, 6) is -0.0114. The van der Waals surface area contributed by atoms with Gasteiger partial charge in [-0.15, -0.1) is 0 Å². The zero-order valence-corrected chi connectivity index (χ0v) is 13.6. The molecule has 1 fully saturated rings. The fraction of sp³-hybridized carbons (Fsp3) is 0.786. The number of nitrogens with one attached hydrogen (secondary N) is 2. The van der Waals surface area contributed by atoms with Crippen molar-refractivity contribution >= 4 is 18.0 Å². The molecule has 0 saturated carbocycles. The summed E-state index contributed by atoms with van der Waals surface area (Å²) >= 11 is 0. The van der Waals surface area contributed by atoms with Crippen LogP contribution in [-0.2, 0) is 9.53 Å². The first kappa shape index (κ1) is 18.2.